The number of carboxylic acids is 1. The molecule has 1 atom stereocenters. The molecule has 38 heavy (non-hydrogen) atoms. The third-order valence-electron chi connectivity index (χ3n) is 6.46. The Morgan fingerprint density at radius 2 is 1.61 bits per heavy atom. The first-order valence-electron chi connectivity index (χ1n) is 12.6. The van der Waals surface area contributed by atoms with Gasteiger partial charge in [-0.2, -0.15) is 0 Å². The lowest BCUT2D eigenvalue weighted by Crippen LogP contribution is -2.38. The van der Waals surface area contributed by atoms with Gasteiger partial charge >= 0.3 is 5.97 Å². The summed E-state index contributed by atoms with van der Waals surface area (Å²) in [4.78, 5) is 24.6. The lowest BCUT2D eigenvalue weighted by atomic mass is 9.98. The Bertz CT molecular complexity index is 1450. The molecule has 0 bridgehead atoms. The molecule has 3 N–H and O–H groups in total. The van der Waals surface area contributed by atoms with E-state index in [-0.39, 0.29) is 16.5 Å². The van der Waals surface area contributed by atoms with Crippen LogP contribution in [0.5, 0.6) is 0 Å². The number of aliphatic carboxylic acids is 1. The van der Waals surface area contributed by atoms with Crippen molar-refractivity contribution in [3.8, 4) is 11.1 Å². The lowest BCUT2D eigenvalue weighted by molar-refractivity contribution is -0.133. The van der Waals surface area contributed by atoms with Gasteiger partial charge in [0, 0.05) is 29.8 Å². The van der Waals surface area contributed by atoms with E-state index in [1.54, 1.807) is 48.5 Å². The van der Waals surface area contributed by atoms with Gasteiger partial charge in [0.2, 0.25) is 0 Å². The number of benzene rings is 3. The third-order valence-corrected chi connectivity index (χ3v) is 7.85. The molecule has 3 aromatic carbocycles. The van der Waals surface area contributed by atoms with Crippen molar-refractivity contribution in [2.45, 2.75) is 44.0 Å². The third kappa shape index (κ3) is 5.79. The van der Waals surface area contributed by atoms with Gasteiger partial charge in [0.05, 0.1) is 16.5 Å². The Balaban J connectivity index is 1.61. The number of rotatable bonds is 10. The summed E-state index contributed by atoms with van der Waals surface area (Å²) in [5.74, 6) is -1.63. The fourth-order valence-electron chi connectivity index (χ4n) is 4.62. The maximum absolute atomic E-state index is 13.2. The molecule has 0 saturated heterocycles. The SMILES string of the molecule is CCCN1NC(CC)C(C(=O)O)=C1Cc1ccc(-c2ccccc2S(=O)(=O)NC(=O)c2ccccc2)cc1. The Morgan fingerprint density at radius 1 is 0.947 bits per heavy atom. The molecule has 0 fully saturated rings. The highest BCUT2D eigenvalue weighted by Gasteiger charge is 2.33. The van der Waals surface area contributed by atoms with Crippen LogP contribution < -0.4 is 10.1 Å². The van der Waals surface area contributed by atoms with Gasteiger partial charge in [-0.05, 0) is 42.2 Å². The molecule has 0 spiro atoms. The Labute approximate surface area is 223 Å². The fraction of sp³-hybridized carbons (Fsp3) is 0.241. The highest BCUT2D eigenvalue weighted by atomic mass is 32.2. The number of amides is 1. The van der Waals surface area contributed by atoms with Crippen molar-refractivity contribution in [2.75, 3.05) is 6.54 Å². The zero-order chi connectivity index (χ0) is 27.3. The van der Waals surface area contributed by atoms with Gasteiger partial charge in [0.1, 0.15) is 0 Å². The second-order valence-corrected chi connectivity index (χ2v) is 10.7. The van der Waals surface area contributed by atoms with Gasteiger partial charge in [-0.25, -0.2) is 23.4 Å². The number of hydrogen-bond donors (Lipinski definition) is 3. The summed E-state index contributed by atoms with van der Waals surface area (Å²) >= 11 is 0. The number of carboxylic acid groups (broad SMARTS) is 1. The largest absolute Gasteiger partial charge is 0.478 e. The smallest absolute Gasteiger partial charge is 0.335 e. The van der Waals surface area contributed by atoms with E-state index in [1.807, 2.05) is 43.1 Å². The zero-order valence-corrected chi connectivity index (χ0v) is 22.2. The van der Waals surface area contributed by atoms with E-state index in [9.17, 15) is 23.1 Å². The Kier molecular flexibility index (Phi) is 8.29. The number of carbonyl (C=O) groups excluding carboxylic acids is 1. The molecule has 1 heterocycles. The van der Waals surface area contributed by atoms with E-state index in [1.165, 1.54) is 6.07 Å². The average Bonchev–Trinajstić information content (AvgIpc) is 3.26. The highest BCUT2D eigenvalue weighted by Crippen LogP contribution is 2.30. The molecule has 1 amide bonds. The van der Waals surface area contributed by atoms with E-state index in [0.29, 0.717) is 36.1 Å². The monoisotopic (exact) mass is 533 g/mol. The predicted molar refractivity (Wildman–Crippen MR) is 146 cm³/mol. The summed E-state index contributed by atoms with van der Waals surface area (Å²) in [5.41, 5.74) is 6.71. The summed E-state index contributed by atoms with van der Waals surface area (Å²) in [7, 11) is -4.14. The van der Waals surface area contributed by atoms with Crippen LogP contribution in [0.1, 0.15) is 42.6 Å². The minimum absolute atomic E-state index is 0.00666. The number of allylic oxidation sites excluding steroid dienone is 1. The summed E-state index contributed by atoms with van der Waals surface area (Å²) < 4.78 is 28.5. The molecule has 0 aromatic heterocycles. The molecule has 1 aliphatic rings. The fourth-order valence-corrected chi connectivity index (χ4v) is 5.82. The normalized spacial score (nSPS) is 15.5. The number of sulfonamides is 1. The van der Waals surface area contributed by atoms with Crippen molar-refractivity contribution < 1.29 is 23.1 Å². The minimum atomic E-state index is -4.14. The van der Waals surface area contributed by atoms with Crippen LogP contribution in [0.2, 0.25) is 0 Å². The topological polar surface area (TPSA) is 116 Å². The first kappa shape index (κ1) is 27.1. The molecule has 0 saturated carbocycles. The molecule has 9 heteroatoms. The van der Waals surface area contributed by atoms with Gasteiger partial charge in [0.15, 0.2) is 0 Å². The van der Waals surface area contributed by atoms with E-state index >= 15 is 0 Å². The lowest BCUT2D eigenvalue weighted by Gasteiger charge is -2.23. The van der Waals surface area contributed by atoms with Crippen molar-refractivity contribution in [3.63, 3.8) is 0 Å². The van der Waals surface area contributed by atoms with Crippen molar-refractivity contribution in [1.29, 1.82) is 0 Å². The Hall–Kier alpha value is -3.95. The van der Waals surface area contributed by atoms with Crippen LogP contribution in [0.4, 0.5) is 0 Å². The van der Waals surface area contributed by atoms with Crippen molar-refractivity contribution >= 4 is 21.9 Å². The standard InChI is InChI=1S/C29H31N3O5S/c1-3-18-32-25(27(29(34)35)24(4-2)30-32)19-20-14-16-21(17-15-20)23-12-8-9-13-26(23)38(36,37)31-28(33)22-10-6-5-7-11-22/h5-17,24,30H,3-4,18-19H2,1-2H3,(H,31,33)(H,34,35). The molecule has 1 aliphatic heterocycles. The molecule has 0 radical (unpaired) electrons. The molecule has 0 aliphatic carbocycles. The molecule has 3 aromatic rings. The molecule has 198 valence electrons. The van der Waals surface area contributed by atoms with Gasteiger partial charge in [0.25, 0.3) is 15.9 Å². The highest BCUT2D eigenvalue weighted by molar-refractivity contribution is 7.90. The first-order chi connectivity index (χ1) is 18.2. The van der Waals surface area contributed by atoms with Crippen LogP contribution in [0.15, 0.2) is 95.0 Å². The van der Waals surface area contributed by atoms with Crippen LogP contribution in [-0.2, 0) is 21.2 Å². The first-order valence-corrected chi connectivity index (χ1v) is 14.0. The quantitative estimate of drug-likeness (QED) is 0.355. The minimum Gasteiger partial charge on any atom is -0.478 e. The van der Waals surface area contributed by atoms with Crippen molar-refractivity contribution in [3.05, 3.63) is 101 Å². The molecule has 8 nitrogen and oxygen atoms in total. The van der Waals surface area contributed by atoms with Crippen LogP contribution in [0.3, 0.4) is 0 Å². The number of hydrazine groups is 1. The number of nitrogens with one attached hydrogen (secondary N) is 2. The number of hydrogen-bond acceptors (Lipinski definition) is 6. The molecular weight excluding hydrogens is 502 g/mol. The summed E-state index contributed by atoms with van der Waals surface area (Å²) in [6, 6.07) is 21.8. The van der Waals surface area contributed by atoms with Gasteiger partial charge in [-0.1, -0.05) is 74.5 Å². The molecule has 4 rings (SSSR count). The number of nitrogens with zero attached hydrogens (tertiary/aromatic N) is 1. The second kappa shape index (κ2) is 11.6. The second-order valence-electron chi connectivity index (χ2n) is 9.08. The van der Waals surface area contributed by atoms with E-state index in [0.717, 1.165) is 17.7 Å². The van der Waals surface area contributed by atoms with Gasteiger partial charge < -0.3 is 10.1 Å². The van der Waals surface area contributed by atoms with Crippen molar-refractivity contribution in [2.24, 2.45) is 0 Å². The maximum Gasteiger partial charge on any atom is 0.335 e. The van der Waals surface area contributed by atoms with Crippen LogP contribution in [0, 0.1) is 0 Å². The zero-order valence-electron chi connectivity index (χ0n) is 21.3. The number of carbonyl (C=O) groups is 2. The van der Waals surface area contributed by atoms with Crippen LogP contribution >= 0.6 is 0 Å². The van der Waals surface area contributed by atoms with Crippen molar-refractivity contribution in [1.82, 2.24) is 15.2 Å². The van der Waals surface area contributed by atoms with Gasteiger partial charge in [-0.15, -0.1) is 0 Å². The van der Waals surface area contributed by atoms with E-state index < -0.39 is 21.9 Å². The molecule has 1 unspecified atom stereocenters. The average molecular weight is 534 g/mol. The summed E-state index contributed by atoms with van der Waals surface area (Å²) in [6.07, 6.45) is 1.96. The predicted octanol–water partition coefficient (Wildman–Crippen LogP) is 4.36. The van der Waals surface area contributed by atoms with Crippen LogP contribution in [0.25, 0.3) is 11.1 Å². The maximum atomic E-state index is 13.2. The summed E-state index contributed by atoms with van der Waals surface area (Å²) in [5, 5.41) is 11.8. The van der Waals surface area contributed by atoms with E-state index in [4.69, 9.17) is 0 Å². The Morgan fingerprint density at radius 3 is 2.24 bits per heavy atom. The van der Waals surface area contributed by atoms with E-state index in [2.05, 4.69) is 10.1 Å². The van der Waals surface area contributed by atoms with Crippen LogP contribution in [-0.4, -0.2) is 43.0 Å². The van der Waals surface area contributed by atoms with Gasteiger partial charge in [-0.3, -0.25) is 4.79 Å². The summed E-state index contributed by atoms with van der Waals surface area (Å²) in [6.45, 7) is 4.69. The molecular formula is C29H31N3O5S.